The zero-order valence-corrected chi connectivity index (χ0v) is 10.2. The van der Waals surface area contributed by atoms with Crippen LogP contribution in [0.15, 0.2) is 12.1 Å². The van der Waals surface area contributed by atoms with Crippen LogP contribution < -0.4 is 10.6 Å². The second kappa shape index (κ2) is 4.71. The molecule has 0 radical (unpaired) electrons. The summed E-state index contributed by atoms with van der Waals surface area (Å²) in [6, 6.07) is 3.74. The molecule has 1 atom stereocenters. The number of hydrogen-bond donors (Lipinski definition) is 2. The number of hydrogen-bond acceptors (Lipinski definition) is 4. The van der Waals surface area contributed by atoms with Gasteiger partial charge in [-0.3, -0.25) is 5.41 Å². The molecule has 1 unspecified atom stereocenters. The summed E-state index contributed by atoms with van der Waals surface area (Å²) >= 11 is 0. The fourth-order valence-corrected chi connectivity index (χ4v) is 2.11. The average molecular weight is 234 g/mol. The Morgan fingerprint density at radius 2 is 2.35 bits per heavy atom. The van der Waals surface area contributed by atoms with Crippen molar-refractivity contribution in [2.45, 2.75) is 19.4 Å². The molecular weight excluding hydrogens is 216 g/mol. The van der Waals surface area contributed by atoms with E-state index >= 15 is 0 Å². The topological polar surface area (TPSA) is 75.2 Å². The molecule has 1 aliphatic rings. The number of nitrogens with zero attached hydrogens (tertiary/aromatic N) is 2. The fraction of sp³-hybridized carbons (Fsp3) is 0.500. The monoisotopic (exact) mass is 234 g/mol. The molecule has 2 heterocycles. The van der Waals surface area contributed by atoms with E-state index in [4.69, 9.17) is 15.9 Å². The number of methoxy groups -OCH3 is 1. The lowest BCUT2D eigenvalue weighted by molar-refractivity contribution is 0.121. The lowest BCUT2D eigenvalue weighted by Crippen LogP contribution is -2.27. The van der Waals surface area contributed by atoms with Crippen molar-refractivity contribution in [3.63, 3.8) is 0 Å². The summed E-state index contributed by atoms with van der Waals surface area (Å²) in [4.78, 5) is 6.63. The van der Waals surface area contributed by atoms with E-state index in [9.17, 15) is 0 Å². The maximum atomic E-state index is 7.59. The van der Waals surface area contributed by atoms with Gasteiger partial charge in [0.2, 0.25) is 0 Å². The molecular formula is C12H18N4O. The number of pyridine rings is 1. The second-order valence-corrected chi connectivity index (χ2v) is 4.33. The Hall–Kier alpha value is -1.62. The van der Waals surface area contributed by atoms with Crippen LogP contribution >= 0.6 is 0 Å². The standard InChI is InChI=1S/C12H18N4O/c1-8-3-4-10(11(13)14)12(15-8)16-6-5-9(7-16)17-2/h3-4,9H,5-7H2,1-2H3,(H3,13,14). The van der Waals surface area contributed by atoms with Crippen molar-refractivity contribution in [1.82, 2.24) is 4.98 Å². The van der Waals surface area contributed by atoms with E-state index in [2.05, 4.69) is 9.88 Å². The van der Waals surface area contributed by atoms with Gasteiger partial charge in [-0.05, 0) is 25.5 Å². The van der Waals surface area contributed by atoms with Crippen LogP contribution in [0.1, 0.15) is 17.7 Å². The molecule has 1 aliphatic heterocycles. The Morgan fingerprint density at radius 3 is 2.94 bits per heavy atom. The summed E-state index contributed by atoms with van der Waals surface area (Å²) in [5.41, 5.74) is 7.22. The highest BCUT2D eigenvalue weighted by molar-refractivity contribution is 5.99. The maximum Gasteiger partial charge on any atom is 0.139 e. The molecule has 0 saturated carbocycles. The number of anilines is 1. The van der Waals surface area contributed by atoms with E-state index in [0.29, 0.717) is 5.56 Å². The molecule has 0 spiro atoms. The Balaban J connectivity index is 2.31. The van der Waals surface area contributed by atoms with E-state index in [0.717, 1.165) is 31.0 Å². The van der Waals surface area contributed by atoms with Crippen LogP contribution in [0.3, 0.4) is 0 Å². The van der Waals surface area contributed by atoms with Crippen LogP contribution in [0.25, 0.3) is 0 Å². The molecule has 0 amide bonds. The minimum absolute atomic E-state index is 0.0633. The molecule has 3 N–H and O–H groups in total. The summed E-state index contributed by atoms with van der Waals surface area (Å²) in [6.45, 7) is 3.65. The van der Waals surface area contributed by atoms with Gasteiger partial charge in [-0.2, -0.15) is 0 Å². The van der Waals surface area contributed by atoms with Gasteiger partial charge in [-0.1, -0.05) is 0 Å². The molecule has 92 valence electrons. The molecule has 2 rings (SSSR count). The molecule has 1 aromatic rings. The number of amidine groups is 1. The highest BCUT2D eigenvalue weighted by Gasteiger charge is 2.25. The van der Waals surface area contributed by atoms with Crippen LogP contribution in [0, 0.1) is 12.3 Å². The Labute approximate surface area is 101 Å². The van der Waals surface area contributed by atoms with E-state index in [-0.39, 0.29) is 11.9 Å². The Kier molecular flexibility index (Phi) is 3.28. The Morgan fingerprint density at radius 1 is 1.59 bits per heavy atom. The number of nitrogens with one attached hydrogen (secondary N) is 1. The van der Waals surface area contributed by atoms with Crippen molar-refractivity contribution < 1.29 is 4.74 Å². The quantitative estimate of drug-likeness (QED) is 0.602. The molecule has 0 aliphatic carbocycles. The summed E-state index contributed by atoms with van der Waals surface area (Å²) in [6.07, 6.45) is 1.24. The van der Waals surface area contributed by atoms with Gasteiger partial charge in [-0.15, -0.1) is 0 Å². The lowest BCUT2D eigenvalue weighted by atomic mass is 10.2. The largest absolute Gasteiger partial charge is 0.384 e. The van der Waals surface area contributed by atoms with E-state index in [1.165, 1.54) is 0 Å². The van der Waals surface area contributed by atoms with E-state index < -0.39 is 0 Å². The van der Waals surface area contributed by atoms with Crippen molar-refractivity contribution in [2.24, 2.45) is 5.73 Å². The first-order chi connectivity index (χ1) is 8.11. The van der Waals surface area contributed by atoms with Gasteiger partial charge in [0, 0.05) is 25.9 Å². The number of aromatic nitrogens is 1. The molecule has 5 heteroatoms. The summed E-state index contributed by atoms with van der Waals surface area (Å²) in [7, 11) is 1.73. The van der Waals surface area contributed by atoms with Gasteiger partial charge in [0.05, 0.1) is 11.7 Å². The maximum absolute atomic E-state index is 7.59. The third-order valence-electron chi connectivity index (χ3n) is 3.08. The number of ether oxygens (including phenoxy) is 1. The fourth-order valence-electron chi connectivity index (χ4n) is 2.11. The van der Waals surface area contributed by atoms with Crippen LogP contribution in [-0.4, -0.2) is 37.1 Å². The first-order valence-corrected chi connectivity index (χ1v) is 5.71. The second-order valence-electron chi connectivity index (χ2n) is 4.33. The first-order valence-electron chi connectivity index (χ1n) is 5.71. The van der Waals surface area contributed by atoms with Crippen LogP contribution in [0.5, 0.6) is 0 Å². The lowest BCUT2D eigenvalue weighted by Gasteiger charge is -2.20. The number of aryl methyl sites for hydroxylation is 1. The van der Waals surface area contributed by atoms with Crippen molar-refractivity contribution in [3.05, 3.63) is 23.4 Å². The van der Waals surface area contributed by atoms with Gasteiger partial charge in [-0.25, -0.2) is 4.98 Å². The molecule has 1 saturated heterocycles. The SMILES string of the molecule is COC1CCN(c2nc(C)ccc2C(=N)N)C1. The van der Waals surface area contributed by atoms with E-state index in [1.54, 1.807) is 7.11 Å². The van der Waals surface area contributed by atoms with E-state index in [1.807, 2.05) is 19.1 Å². The zero-order valence-electron chi connectivity index (χ0n) is 10.2. The normalized spacial score (nSPS) is 19.6. The highest BCUT2D eigenvalue weighted by Crippen LogP contribution is 2.23. The highest BCUT2D eigenvalue weighted by atomic mass is 16.5. The molecule has 17 heavy (non-hydrogen) atoms. The summed E-state index contributed by atoms with van der Waals surface area (Å²) < 4.78 is 5.34. The summed E-state index contributed by atoms with van der Waals surface area (Å²) in [5, 5.41) is 7.59. The van der Waals surface area contributed by atoms with Gasteiger partial charge in [0.15, 0.2) is 0 Å². The van der Waals surface area contributed by atoms with Crippen LogP contribution in [0.4, 0.5) is 5.82 Å². The molecule has 1 aromatic heterocycles. The zero-order chi connectivity index (χ0) is 12.4. The third-order valence-corrected chi connectivity index (χ3v) is 3.08. The third kappa shape index (κ3) is 2.39. The van der Waals surface area contributed by atoms with Crippen molar-refractivity contribution in [2.75, 3.05) is 25.1 Å². The van der Waals surface area contributed by atoms with Crippen molar-refractivity contribution >= 4 is 11.7 Å². The minimum Gasteiger partial charge on any atom is -0.384 e. The van der Waals surface area contributed by atoms with Gasteiger partial charge >= 0.3 is 0 Å². The molecule has 5 nitrogen and oxygen atoms in total. The Bertz CT molecular complexity index is 433. The van der Waals surface area contributed by atoms with Gasteiger partial charge < -0.3 is 15.4 Å². The number of rotatable bonds is 3. The molecule has 1 fully saturated rings. The van der Waals surface area contributed by atoms with Gasteiger partial charge in [0.1, 0.15) is 11.7 Å². The average Bonchev–Trinajstić information content (AvgIpc) is 2.76. The van der Waals surface area contributed by atoms with Gasteiger partial charge in [0.25, 0.3) is 0 Å². The van der Waals surface area contributed by atoms with Crippen molar-refractivity contribution in [3.8, 4) is 0 Å². The summed E-state index contributed by atoms with van der Waals surface area (Å²) in [5.74, 6) is 0.866. The smallest absolute Gasteiger partial charge is 0.139 e. The minimum atomic E-state index is 0.0633. The molecule has 0 aromatic carbocycles. The van der Waals surface area contributed by atoms with Crippen LogP contribution in [-0.2, 0) is 4.74 Å². The first kappa shape index (κ1) is 11.9. The van der Waals surface area contributed by atoms with Crippen LogP contribution in [0.2, 0.25) is 0 Å². The predicted molar refractivity (Wildman–Crippen MR) is 67.6 cm³/mol. The predicted octanol–water partition coefficient (Wildman–Crippen LogP) is 0.899. The number of nitrogens with two attached hydrogens (primary N) is 1. The van der Waals surface area contributed by atoms with Crippen molar-refractivity contribution in [1.29, 1.82) is 5.41 Å². The molecule has 0 bridgehead atoms. The number of nitrogen functional groups attached to an aromatic ring is 1.